The highest BCUT2D eigenvalue weighted by molar-refractivity contribution is 7.92. The molecule has 3 aromatic carbocycles. The van der Waals surface area contributed by atoms with Gasteiger partial charge in [-0.15, -0.1) is 0 Å². The van der Waals surface area contributed by atoms with E-state index >= 15 is 0 Å². The van der Waals surface area contributed by atoms with Crippen LogP contribution in [0.4, 0.5) is 5.69 Å². The van der Waals surface area contributed by atoms with Gasteiger partial charge in [-0.1, -0.05) is 48.9 Å². The zero-order chi connectivity index (χ0) is 23.4. The Morgan fingerprint density at radius 1 is 0.794 bits per heavy atom. The number of rotatable bonds is 7. The minimum absolute atomic E-state index is 0.281. The standard InChI is InChI=1S/C28H35N3O2S/c32-34(33,28-13-10-24-6-2-3-7-25(24)22-28)29-26-11-8-23(9-12-26)14-19-30-20-15-27(16-21-30)31-17-4-1-5-18-31/h2-3,6-13,22,27,29H,1,4-5,14-21H2. The zero-order valence-electron chi connectivity index (χ0n) is 19.8. The van der Waals surface area contributed by atoms with Gasteiger partial charge < -0.3 is 9.80 Å². The minimum Gasteiger partial charge on any atom is -0.303 e. The maximum Gasteiger partial charge on any atom is 0.261 e. The van der Waals surface area contributed by atoms with E-state index in [2.05, 4.69) is 14.5 Å². The summed E-state index contributed by atoms with van der Waals surface area (Å²) in [6.07, 6.45) is 7.71. The Bertz CT molecular complexity index is 1200. The largest absolute Gasteiger partial charge is 0.303 e. The number of sulfonamides is 1. The first-order chi connectivity index (χ1) is 16.6. The quantitative estimate of drug-likeness (QED) is 0.512. The number of nitrogens with zero attached hydrogens (tertiary/aromatic N) is 2. The number of benzene rings is 3. The second kappa shape index (κ2) is 10.5. The molecule has 180 valence electrons. The molecule has 5 nitrogen and oxygen atoms in total. The summed E-state index contributed by atoms with van der Waals surface area (Å²) in [5, 5.41) is 1.95. The van der Waals surface area contributed by atoms with Crippen molar-refractivity contribution in [2.24, 2.45) is 0 Å². The maximum absolute atomic E-state index is 12.9. The van der Waals surface area contributed by atoms with Crippen LogP contribution < -0.4 is 4.72 Å². The lowest BCUT2D eigenvalue weighted by Gasteiger charge is -2.40. The van der Waals surface area contributed by atoms with Gasteiger partial charge in [-0.05, 0) is 98.9 Å². The molecule has 0 amide bonds. The molecule has 1 N–H and O–H groups in total. The first kappa shape index (κ1) is 23.3. The van der Waals surface area contributed by atoms with Crippen LogP contribution in [0.5, 0.6) is 0 Å². The van der Waals surface area contributed by atoms with Gasteiger partial charge in [0.2, 0.25) is 0 Å². The van der Waals surface area contributed by atoms with Crippen LogP contribution in [0.1, 0.15) is 37.7 Å². The van der Waals surface area contributed by atoms with Gasteiger partial charge in [0.25, 0.3) is 10.0 Å². The Morgan fingerprint density at radius 2 is 1.50 bits per heavy atom. The first-order valence-electron chi connectivity index (χ1n) is 12.6. The number of hydrogen-bond acceptors (Lipinski definition) is 4. The van der Waals surface area contributed by atoms with Crippen LogP contribution in [0, 0.1) is 0 Å². The highest BCUT2D eigenvalue weighted by atomic mass is 32.2. The van der Waals surface area contributed by atoms with Crippen molar-refractivity contribution in [1.82, 2.24) is 9.80 Å². The molecule has 0 atom stereocenters. The fraction of sp³-hybridized carbons (Fsp3) is 0.429. The summed E-state index contributed by atoms with van der Waals surface area (Å²) < 4.78 is 28.5. The molecule has 2 heterocycles. The molecule has 5 rings (SSSR count). The van der Waals surface area contributed by atoms with Gasteiger partial charge >= 0.3 is 0 Å². The average Bonchev–Trinajstić information content (AvgIpc) is 2.88. The van der Waals surface area contributed by atoms with Crippen LogP contribution in [0.3, 0.4) is 0 Å². The summed E-state index contributed by atoms with van der Waals surface area (Å²) in [5.41, 5.74) is 1.84. The summed E-state index contributed by atoms with van der Waals surface area (Å²) in [4.78, 5) is 5.58. The second-order valence-electron chi connectivity index (χ2n) is 9.73. The van der Waals surface area contributed by atoms with Gasteiger partial charge in [-0.25, -0.2) is 8.42 Å². The van der Waals surface area contributed by atoms with Gasteiger partial charge in [-0.3, -0.25) is 4.72 Å². The van der Waals surface area contributed by atoms with Crippen LogP contribution in [-0.2, 0) is 16.4 Å². The van der Waals surface area contributed by atoms with Gasteiger partial charge in [0, 0.05) is 18.3 Å². The Morgan fingerprint density at radius 3 is 2.24 bits per heavy atom. The average molecular weight is 478 g/mol. The molecule has 2 aliphatic rings. The lowest BCUT2D eigenvalue weighted by molar-refractivity contribution is 0.0931. The zero-order valence-corrected chi connectivity index (χ0v) is 20.6. The van der Waals surface area contributed by atoms with E-state index in [4.69, 9.17) is 0 Å². The van der Waals surface area contributed by atoms with Gasteiger partial charge in [0.15, 0.2) is 0 Å². The van der Waals surface area contributed by atoms with Crippen molar-refractivity contribution in [1.29, 1.82) is 0 Å². The number of hydrogen-bond donors (Lipinski definition) is 1. The van der Waals surface area contributed by atoms with Crippen molar-refractivity contribution in [3.63, 3.8) is 0 Å². The fourth-order valence-corrected chi connectivity index (χ4v) is 6.46. The molecule has 0 aromatic heterocycles. The van der Waals surface area contributed by atoms with Crippen LogP contribution in [0.25, 0.3) is 10.8 Å². The van der Waals surface area contributed by atoms with Gasteiger partial charge in [0.1, 0.15) is 0 Å². The molecule has 6 heteroatoms. The molecule has 34 heavy (non-hydrogen) atoms. The maximum atomic E-state index is 12.9. The molecule has 0 saturated carbocycles. The Kier molecular flexibility index (Phi) is 7.18. The van der Waals surface area contributed by atoms with Crippen LogP contribution in [-0.4, -0.2) is 57.0 Å². The van der Waals surface area contributed by atoms with Crippen LogP contribution in [0.15, 0.2) is 71.6 Å². The monoisotopic (exact) mass is 477 g/mol. The number of anilines is 1. The van der Waals surface area contributed by atoms with E-state index in [-0.39, 0.29) is 4.90 Å². The number of likely N-dealkylation sites (tertiary alicyclic amines) is 2. The topological polar surface area (TPSA) is 52.7 Å². The smallest absolute Gasteiger partial charge is 0.261 e. The third-order valence-corrected chi connectivity index (χ3v) is 8.80. The lowest BCUT2D eigenvalue weighted by atomic mass is 9.99. The van der Waals surface area contributed by atoms with Crippen molar-refractivity contribution >= 4 is 26.5 Å². The predicted molar refractivity (Wildman–Crippen MR) is 140 cm³/mol. The summed E-state index contributed by atoms with van der Waals surface area (Å²) in [5.74, 6) is 0. The SMILES string of the molecule is O=S(=O)(Nc1ccc(CCN2CCC(N3CCCCC3)CC2)cc1)c1ccc2ccccc2c1. The summed E-state index contributed by atoms with van der Waals surface area (Å²) in [6, 6.07) is 21.6. The Balaban J connectivity index is 1.13. The molecule has 0 radical (unpaired) electrons. The lowest BCUT2D eigenvalue weighted by Crippen LogP contribution is -2.47. The van der Waals surface area contributed by atoms with Crippen LogP contribution >= 0.6 is 0 Å². The molecule has 0 spiro atoms. The Labute approximate surface area is 203 Å². The van der Waals surface area contributed by atoms with E-state index in [1.54, 1.807) is 12.1 Å². The van der Waals surface area contributed by atoms with E-state index in [1.807, 2.05) is 54.6 Å². The van der Waals surface area contributed by atoms with Gasteiger partial charge in [0.05, 0.1) is 4.90 Å². The third kappa shape index (κ3) is 5.62. The number of nitrogens with one attached hydrogen (secondary N) is 1. The van der Waals surface area contributed by atoms with E-state index < -0.39 is 10.0 Å². The molecule has 2 aliphatic heterocycles. The minimum atomic E-state index is -3.62. The van der Waals surface area contributed by atoms with Crippen molar-refractivity contribution in [2.75, 3.05) is 37.4 Å². The van der Waals surface area contributed by atoms with Crippen molar-refractivity contribution in [2.45, 2.75) is 49.5 Å². The summed E-state index contributed by atoms with van der Waals surface area (Å²) >= 11 is 0. The molecule has 2 fully saturated rings. The summed E-state index contributed by atoms with van der Waals surface area (Å²) in [7, 11) is -3.62. The Hall–Kier alpha value is -2.41. The van der Waals surface area contributed by atoms with E-state index in [9.17, 15) is 8.42 Å². The molecule has 0 aliphatic carbocycles. The highest BCUT2D eigenvalue weighted by Crippen LogP contribution is 2.23. The number of piperidine rings is 2. The second-order valence-corrected chi connectivity index (χ2v) is 11.4. The fourth-order valence-electron chi connectivity index (χ4n) is 5.37. The van der Waals surface area contributed by atoms with E-state index in [1.165, 1.54) is 63.8 Å². The number of fused-ring (bicyclic) bond motifs is 1. The summed E-state index contributed by atoms with van der Waals surface area (Å²) in [6.45, 7) is 6.02. The molecular formula is C28H35N3O2S. The van der Waals surface area contributed by atoms with Crippen molar-refractivity contribution in [3.05, 3.63) is 72.3 Å². The highest BCUT2D eigenvalue weighted by Gasteiger charge is 2.25. The predicted octanol–water partition coefficient (Wildman–Crippen LogP) is 5.13. The molecule has 2 saturated heterocycles. The van der Waals surface area contributed by atoms with Crippen LogP contribution in [0.2, 0.25) is 0 Å². The first-order valence-corrected chi connectivity index (χ1v) is 14.1. The van der Waals surface area contributed by atoms with Crippen molar-refractivity contribution < 1.29 is 8.42 Å². The van der Waals surface area contributed by atoms with Crippen molar-refractivity contribution in [3.8, 4) is 0 Å². The molecular weight excluding hydrogens is 442 g/mol. The van der Waals surface area contributed by atoms with E-state index in [0.717, 1.165) is 29.8 Å². The molecule has 3 aromatic rings. The van der Waals surface area contributed by atoms with Gasteiger partial charge in [-0.2, -0.15) is 0 Å². The molecule has 0 bridgehead atoms. The third-order valence-electron chi connectivity index (χ3n) is 7.42. The normalized spacial score (nSPS) is 18.8. The molecule has 0 unspecified atom stereocenters. The van der Waals surface area contributed by atoms with E-state index in [0.29, 0.717) is 5.69 Å².